The Hall–Kier alpha value is -2.05. The van der Waals surface area contributed by atoms with E-state index in [-0.39, 0.29) is 32.6 Å². The maximum atomic E-state index is 12.7. The van der Waals surface area contributed by atoms with Crippen LogP contribution in [0.4, 0.5) is 0 Å². The number of hydrogen-bond donors (Lipinski definition) is 4. The summed E-state index contributed by atoms with van der Waals surface area (Å²) in [6.07, 6.45) is 25.2. The molecule has 0 spiro atoms. The number of carbonyl (C=O) groups is 2. The summed E-state index contributed by atoms with van der Waals surface area (Å²) in [5.41, 5.74) is 7.98. The molecular weight excluding hydrogens is 761 g/mol. The molecule has 0 amide bonds. The highest BCUT2D eigenvalue weighted by atomic mass is 31.2. The van der Waals surface area contributed by atoms with Crippen LogP contribution in [0.5, 0.6) is 0 Å². The summed E-state index contributed by atoms with van der Waals surface area (Å²) in [7, 11) is -4.42. The van der Waals surface area contributed by atoms with Crippen molar-refractivity contribution in [3.8, 4) is 0 Å². The van der Waals surface area contributed by atoms with E-state index in [0.29, 0.717) is 25.7 Å². The minimum absolute atomic E-state index is 0.0252. The molecule has 1 heterocycles. The molecule has 0 bridgehead atoms. The third-order valence-electron chi connectivity index (χ3n) is 10.6. The van der Waals surface area contributed by atoms with Gasteiger partial charge in [0.1, 0.15) is 18.1 Å². The van der Waals surface area contributed by atoms with Crippen LogP contribution in [0.25, 0.3) is 0 Å². The van der Waals surface area contributed by atoms with E-state index >= 15 is 0 Å². The zero-order valence-electron chi connectivity index (χ0n) is 36.7. The first-order valence-corrected chi connectivity index (χ1v) is 24.2. The van der Waals surface area contributed by atoms with Crippen molar-refractivity contribution in [2.75, 3.05) is 26.4 Å². The van der Waals surface area contributed by atoms with E-state index in [4.69, 9.17) is 28.7 Å². The fraction of sp³-hybridized carbons (Fsp3) is 0.822. The molecule has 4 atom stereocenters. The van der Waals surface area contributed by atoms with Gasteiger partial charge in [0.15, 0.2) is 6.10 Å². The van der Waals surface area contributed by atoms with E-state index in [1.54, 1.807) is 0 Å². The van der Waals surface area contributed by atoms with Crippen molar-refractivity contribution >= 4 is 19.8 Å². The first-order chi connectivity index (χ1) is 27.9. The molecule has 0 aromatic carbocycles. The number of phosphoric ester groups is 1. The molecule has 12 nitrogen and oxygen atoms in total. The molecule has 1 rings (SSSR count). The molecule has 0 aliphatic heterocycles. The fourth-order valence-corrected chi connectivity index (χ4v) is 7.48. The van der Waals surface area contributed by atoms with Crippen LogP contribution >= 0.6 is 7.82 Å². The second kappa shape index (κ2) is 34.6. The monoisotopic (exact) mass is 844 g/mol. The average Bonchev–Trinajstić information content (AvgIpc) is 3.47. The molecule has 0 fully saturated rings. The molecule has 1 aromatic rings. The summed E-state index contributed by atoms with van der Waals surface area (Å²) in [5, 5.41) is 20.4. The Balaban J connectivity index is 2.30. The lowest BCUT2D eigenvalue weighted by Crippen LogP contribution is -2.29. The second-order valence-electron chi connectivity index (χ2n) is 15.8. The molecule has 1 unspecified atom stereocenters. The van der Waals surface area contributed by atoms with Gasteiger partial charge < -0.3 is 34.7 Å². The number of phosphoric acid groups is 1. The van der Waals surface area contributed by atoms with Crippen LogP contribution in [-0.2, 0) is 45.5 Å². The number of aryl methyl sites for hydroxylation is 2. The second-order valence-corrected chi connectivity index (χ2v) is 17.3. The van der Waals surface area contributed by atoms with Crippen molar-refractivity contribution in [2.45, 2.75) is 213 Å². The van der Waals surface area contributed by atoms with Gasteiger partial charge >= 0.3 is 19.8 Å². The van der Waals surface area contributed by atoms with Crippen LogP contribution in [-0.4, -0.2) is 71.7 Å². The van der Waals surface area contributed by atoms with E-state index in [0.717, 1.165) is 95.0 Å². The highest BCUT2D eigenvalue weighted by Gasteiger charge is 2.26. The van der Waals surface area contributed by atoms with Crippen molar-refractivity contribution in [2.24, 2.45) is 5.73 Å². The fourth-order valence-electron chi connectivity index (χ4n) is 6.72. The molecule has 0 saturated carbocycles. The van der Waals surface area contributed by atoms with Crippen LogP contribution < -0.4 is 5.73 Å². The summed E-state index contributed by atoms with van der Waals surface area (Å²) in [4.78, 5) is 35.0. The number of ether oxygens (including phenoxy) is 2. The van der Waals surface area contributed by atoms with Gasteiger partial charge in [-0.1, -0.05) is 116 Å². The number of esters is 2. The number of furan rings is 1. The third kappa shape index (κ3) is 27.7. The molecule has 0 aliphatic rings. The van der Waals surface area contributed by atoms with Crippen molar-refractivity contribution in [1.29, 1.82) is 0 Å². The first kappa shape index (κ1) is 54.0. The van der Waals surface area contributed by atoms with Crippen molar-refractivity contribution in [1.82, 2.24) is 0 Å². The number of nitrogens with two attached hydrogens (primary N) is 1. The SMILES string of the molecule is CCCCC/C=C\C[C@@H](O)[C@H](O)CCCCCCCC(=O)OC[C@H](COP(=O)(O)OCCN)OC(=O)CCCCCCCCCCc1oc(CCCCC)c(C)c1C. The van der Waals surface area contributed by atoms with Gasteiger partial charge in [0.25, 0.3) is 0 Å². The van der Waals surface area contributed by atoms with E-state index in [2.05, 4.69) is 33.8 Å². The topological polar surface area (TPSA) is 188 Å². The van der Waals surface area contributed by atoms with Gasteiger partial charge in [-0.2, -0.15) is 0 Å². The summed E-state index contributed by atoms with van der Waals surface area (Å²) in [6, 6.07) is 0. The molecule has 13 heteroatoms. The number of carbonyl (C=O) groups excluding carboxylic acids is 2. The number of hydrogen-bond acceptors (Lipinski definition) is 11. The Morgan fingerprint density at radius 1 is 0.690 bits per heavy atom. The minimum Gasteiger partial charge on any atom is -0.466 e. The van der Waals surface area contributed by atoms with Crippen LogP contribution in [0, 0.1) is 13.8 Å². The lowest BCUT2D eigenvalue weighted by Gasteiger charge is -2.20. The van der Waals surface area contributed by atoms with E-state index < -0.39 is 44.7 Å². The van der Waals surface area contributed by atoms with Gasteiger partial charge in [-0.3, -0.25) is 18.6 Å². The molecule has 0 aliphatic carbocycles. The zero-order chi connectivity index (χ0) is 42.9. The summed E-state index contributed by atoms with van der Waals surface area (Å²) in [5.74, 6) is 1.35. The van der Waals surface area contributed by atoms with Gasteiger partial charge in [0.05, 0.1) is 25.4 Å². The van der Waals surface area contributed by atoms with Crippen molar-refractivity contribution in [3.05, 3.63) is 34.8 Å². The Kier molecular flexibility index (Phi) is 32.2. The summed E-state index contributed by atoms with van der Waals surface area (Å²) in [6.45, 7) is 7.79. The van der Waals surface area contributed by atoms with Gasteiger partial charge in [-0.25, -0.2) is 4.57 Å². The van der Waals surface area contributed by atoms with E-state index in [1.165, 1.54) is 56.1 Å². The molecule has 5 N–H and O–H groups in total. The van der Waals surface area contributed by atoms with Gasteiger partial charge in [0.2, 0.25) is 0 Å². The molecule has 0 radical (unpaired) electrons. The molecular formula is C45H82NO11P. The molecule has 58 heavy (non-hydrogen) atoms. The number of allylic oxidation sites excluding steroid dienone is 1. The van der Waals surface area contributed by atoms with Crippen LogP contribution in [0.15, 0.2) is 16.6 Å². The maximum Gasteiger partial charge on any atom is 0.472 e. The van der Waals surface area contributed by atoms with Crippen LogP contribution in [0.2, 0.25) is 0 Å². The normalized spacial score (nSPS) is 14.4. The Labute approximate surface area is 351 Å². The molecule has 1 aromatic heterocycles. The largest absolute Gasteiger partial charge is 0.472 e. The van der Waals surface area contributed by atoms with Crippen molar-refractivity contribution < 1.29 is 52.2 Å². The van der Waals surface area contributed by atoms with E-state index in [9.17, 15) is 29.3 Å². The number of aliphatic hydroxyl groups is 2. The minimum atomic E-state index is -4.42. The van der Waals surface area contributed by atoms with Gasteiger partial charge in [0, 0.05) is 32.2 Å². The smallest absolute Gasteiger partial charge is 0.466 e. The first-order valence-electron chi connectivity index (χ1n) is 22.7. The van der Waals surface area contributed by atoms with Crippen LogP contribution in [0.3, 0.4) is 0 Å². The zero-order valence-corrected chi connectivity index (χ0v) is 37.6. The number of aliphatic hydroxyl groups excluding tert-OH is 2. The lowest BCUT2D eigenvalue weighted by atomic mass is 10.0. The molecule has 338 valence electrons. The maximum absolute atomic E-state index is 12.7. The average molecular weight is 844 g/mol. The Bertz CT molecular complexity index is 1270. The van der Waals surface area contributed by atoms with Gasteiger partial charge in [-0.05, 0) is 76.3 Å². The Morgan fingerprint density at radius 2 is 1.22 bits per heavy atom. The predicted octanol–water partition coefficient (Wildman–Crippen LogP) is 10.2. The van der Waals surface area contributed by atoms with Gasteiger partial charge in [-0.15, -0.1) is 0 Å². The third-order valence-corrected chi connectivity index (χ3v) is 11.5. The standard InChI is InChI=1S/C45H82NO11P/c1-5-7-9-10-16-22-27-40(47)41(48)28-23-17-15-20-25-31-44(49)53-35-39(36-55-58(51,52)54-34-33-46)56-45(50)32-26-19-14-12-11-13-18-24-30-43-38(4)37(3)42(57-43)29-21-8-6-2/h16,22,39-41,47-48H,5-15,17-21,23-36,46H2,1-4H3,(H,51,52)/b22-16-/t39-,40-,41-/m1/s1. The number of rotatable bonds is 39. The summed E-state index contributed by atoms with van der Waals surface area (Å²) < 4.78 is 39.0. The lowest BCUT2D eigenvalue weighted by molar-refractivity contribution is -0.161. The Morgan fingerprint density at radius 3 is 1.83 bits per heavy atom. The van der Waals surface area contributed by atoms with Crippen LogP contribution in [0.1, 0.15) is 191 Å². The van der Waals surface area contributed by atoms with E-state index in [1.807, 2.05) is 6.08 Å². The number of unbranched alkanes of at least 4 members (excludes halogenated alkanes) is 16. The predicted molar refractivity (Wildman–Crippen MR) is 231 cm³/mol. The van der Waals surface area contributed by atoms with Crippen molar-refractivity contribution in [3.63, 3.8) is 0 Å². The highest BCUT2D eigenvalue weighted by Crippen LogP contribution is 2.43. The molecule has 0 saturated heterocycles. The quantitative estimate of drug-likeness (QED) is 0.0213. The highest BCUT2D eigenvalue weighted by molar-refractivity contribution is 7.47. The summed E-state index contributed by atoms with van der Waals surface area (Å²) >= 11 is 0.